The highest BCUT2D eigenvalue weighted by Crippen LogP contribution is 2.40. The molecule has 7 nitrogen and oxygen atoms in total. The van der Waals surface area contributed by atoms with Gasteiger partial charge in [0.15, 0.2) is 0 Å². The number of carbonyl (C=O) groups excluding carboxylic acids is 2. The number of methoxy groups -OCH3 is 1. The molecule has 2 aliphatic rings. The molecule has 8 heteroatoms. The molecule has 2 N–H and O–H groups in total. The van der Waals surface area contributed by atoms with E-state index in [0.29, 0.717) is 55.7 Å². The largest absolute Gasteiger partial charge is 0.469 e. The van der Waals surface area contributed by atoms with E-state index < -0.39 is 5.60 Å². The lowest BCUT2D eigenvalue weighted by atomic mass is 9.83. The third-order valence-corrected chi connectivity index (χ3v) is 6.16. The Morgan fingerprint density at radius 1 is 1.22 bits per heavy atom. The maximum atomic E-state index is 15.1. The number of nitrogens with zero attached hydrogens (tertiary/aromatic N) is 2. The first-order chi connectivity index (χ1) is 15.1. The van der Waals surface area contributed by atoms with E-state index in [2.05, 4.69) is 4.98 Å². The van der Waals surface area contributed by atoms with Crippen LogP contribution in [0.5, 0.6) is 0 Å². The van der Waals surface area contributed by atoms with Gasteiger partial charge in [0.2, 0.25) is 0 Å². The minimum atomic E-state index is -0.555. The number of nitrogens with two attached hydrogens (primary N) is 1. The number of rotatable bonds is 3. The Kier molecular flexibility index (Phi) is 7.41. The summed E-state index contributed by atoms with van der Waals surface area (Å²) in [5.41, 5.74) is 7.86. The van der Waals surface area contributed by atoms with Gasteiger partial charge in [0.25, 0.3) is 0 Å². The second kappa shape index (κ2) is 9.88. The maximum Gasteiger partial charge on any atom is 0.410 e. The first-order valence-corrected chi connectivity index (χ1v) is 11.3. The second-order valence-corrected chi connectivity index (χ2v) is 9.60. The Balaban J connectivity index is 1.82. The topological polar surface area (TPSA) is 94.8 Å². The van der Waals surface area contributed by atoms with Crippen LogP contribution in [-0.2, 0) is 14.3 Å². The molecule has 0 radical (unpaired) electrons. The number of nitrogen functional groups attached to an aromatic ring is 1. The van der Waals surface area contributed by atoms with E-state index in [1.54, 1.807) is 4.90 Å². The van der Waals surface area contributed by atoms with Crippen molar-refractivity contribution in [2.24, 2.45) is 5.92 Å². The van der Waals surface area contributed by atoms with Crippen LogP contribution in [0.1, 0.15) is 76.3 Å². The van der Waals surface area contributed by atoms with Gasteiger partial charge < -0.3 is 20.1 Å². The molecule has 1 aliphatic heterocycles. The fourth-order valence-corrected chi connectivity index (χ4v) is 4.58. The average Bonchev–Trinajstić information content (AvgIpc) is 2.99. The van der Waals surface area contributed by atoms with Gasteiger partial charge in [-0.1, -0.05) is 6.08 Å². The third kappa shape index (κ3) is 5.58. The molecule has 1 aromatic rings. The molecule has 1 fully saturated rings. The molecule has 1 aromatic heterocycles. The van der Waals surface area contributed by atoms with Crippen molar-refractivity contribution in [1.82, 2.24) is 9.88 Å². The van der Waals surface area contributed by atoms with Gasteiger partial charge in [0, 0.05) is 24.2 Å². The highest BCUT2D eigenvalue weighted by atomic mass is 19.1. The molecule has 0 aromatic carbocycles. The molecule has 176 valence electrons. The highest BCUT2D eigenvalue weighted by Gasteiger charge is 2.32. The third-order valence-electron chi connectivity index (χ3n) is 6.16. The van der Waals surface area contributed by atoms with Crippen LogP contribution in [0.15, 0.2) is 12.3 Å². The molecule has 3 rings (SSSR count). The van der Waals surface area contributed by atoms with Crippen molar-refractivity contribution in [3.05, 3.63) is 29.2 Å². The van der Waals surface area contributed by atoms with Gasteiger partial charge in [0.05, 0.1) is 19.2 Å². The normalized spacial score (nSPS) is 20.3. The Bertz CT molecular complexity index is 886. The minimum absolute atomic E-state index is 0.0745. The summed E-state index contributed by atoms with van der Waals surface area (Å²) in [5, 5.41) is 0. The van der Waals surface area contributed by atoms with Gasteiger partial charge in [-0.15, -0.1) is 0 Å². The van der Waals surface area contributed by atoms with Gasteiger partial charge in [-0.25, -0.2) is 14.2 Å². The zero-order chi connectivity index (χ0) is 23.5. The van der Waals surface area contributed by atoms with E-state index in [1.807, 2.05) is 26.8 Å². The molecule has 2 heterocycles. The maximum absolute atomic E-state index is 15.1. The molecular weight excluding hydrogens is 413 g/mol. The summed E-state index contributed by atoms with van der Waals surface area (Å²) in [6.07, 6.45) is 6.81. The van der Waals surface area contributed by atoms with Crippen LogP contribution in [0, 0.1) is 11.7 Å². The van der Waals surface area contributed by atoms with E-state index in [9.17, 15) is 9.59 Å². The number of carbonyl (C=O) groups is 2. The van der Waals surface area contributed by atoms with Gasteiger partial charge in [-0.3, -0.25) is 4.79 Å². The van der Waals surface area contributed by atoms with Crippen molar-refractivity contribution in [2.45, 2.75) is 70.8 Å². The molecule has 1 unspecified atom stereocenters. The van der Waals surface area contributed by atoms with E-state index in [1.165, 1.54) is 13.3 Å². The number of likely N-dealkylation sites (tertiary alicyclic amines) is 1. The number of anilines is 1. The summed E-state index contributed by atoms with van der Waals surface area (Å²) >= 11 is 0. The Labute approximate surface area is 189 Å². The van der Waals surface area contributed by atoms with Crippen LogP contribution < -0.4 is 5.73 Å². The second-order valence-electron chi connectivity index (χ2n) is 9.60. The van der Waals surface area contributed by atoms with Gasteiger partial charge in [-0.05, 0) is 70.8 Å². The van der Waals surface area contributed by atoms with E-state index >= 15 is 4.39 Å². The molecule has 32 heavy (non-hydrogen) atoms. The number of allylic oxidation sites excluding steroid dienone is 2. The van der Waals surface area contributed by atoms with Crippen LogP contribution >= 0.6 is 0 Å². The molecule has 0 spiro atoms. The van der Waals surface area contributed by atoms with E-state index in [0.717, 1.165) is 18.4 Å². The molecule has 0 bridgehead atoms. The number of hydrogen-bond donors (Lipinski definition) is 1. The summed E-state index contributed by atoms with van der Waals surface area (Å²) in [6.45, 7) is 6.49. The van der Waals surface area contributed by atoms with Crippen LogP contribution in [0.25, 0.3) is 5.57 Å². The molecule has 1 aliphatic carbocycles. The van der Waals surface area contributed by atoms with Crippen molar-refractivity contribution in [3.63, 3.8) is 0 Å². The minimum Gasteiger partial charge on any atom is -0.469 e. The molecule has 0 saturated carbocycles. The van der Waals surface area contributed by atoms with Crippen molar-refractivity contribution in [1.29, 1.82) is 0 Å². The zero-order valence-corrected chi connectivity index (χ0v) is 19.4. The first-order valence-electron chi connectivity index (χ1n) is 11.3. The standard InChI is InChI=1S/C24H34FN3O4/c1-24(2,3)32-23(30)28-12-10-16(11-13-28)19-18(25)14-27-21(26)20(19)15-6-5-7-17(9-8-15)22(29)31-4/h8,14,16-17H,5-7,9-13H2,1-4H3,(H2,26,27). The lowest BCUT2D eigenvalue weighted by Crippen LogP contribution is -2.41. The van der Waals surface area contributed by atoms with Gasteiger partial charge >= 0.3 is 12.1 Å². The molecule has 1 amide bonds. The Morgan fingerprint density at radius 3 is 2.53 bits per heavy atom. The quantitative estimate of drug-likeness (QED) is 0.677. The van der Waals surface area contributed by atoms with Crippen LogP contribution in [0.2, 0.25) is 0 Å². The zero-order valence-electron chi connectivity index (χ0n) is 19.4. The lowest BCUT2D eigenvalue weighted by molar-refractivity contribution is -0.145. The number of aromatic nitrogens is 1. The van der Waals surface area contributed by atoms with Crippen molar-refractivity contribution < 1.29 is 23.5 Å². The summed E-state index contributed by atoms with van der Waals surface area (Å²) in [4.78, 5) is 30.1. The Hall–Kier alpha value is -2.64. The van der Waals surface area contributed by atoms with Crippen molar-refractivity contribution in [2.75, 3.05) is 25.9 Å². The first kappa shape index (κ1) is 24.0. The number of ether oxygens (including phenoxy) is 2. The molecular formula is C24H34FN3O4. The van der Waals surface area contributed by atoms with Crippen molar-refractivity contribution in [3.8, 4) is 0 Å². The number of pyridine rings is 1. The number of esters is 1. The number of amides is 1. The SMILES string of the molecule is COC(=O)C1CC=C(c2c(N)ncc(F)c2C2CCN(C(=O)OC(C)(C)C)CC2)CCC1. The fourth-order valence-electron chi connectivity index (χ4n) is 4.58. The Morgan fingerprint density at radius 2 is 1.91 bits per heavy atom. The summed E-state index contributed by atoms with van der Waals surface area (Å²) in [5.74, 6) is -0.559. The number of halogens is 1. The monoisotopic (exact) mass is 447 g/mol. The molecule has 1 atom stereocenters. The smallest absolute Gasteiger partial charge is 0.410 e. The van der Waals surface area contributed by atoms with Gasteiger partial charge in [0.1, 0.15) is 17.2 Å². The van der Waals surface area contributed by atoms with E-state index in [-0.39, 0.29) is 29.7 Å². The summed E-state index contributed by atoms with van der Waals surface area (Å²) < 4.78 is 25.5. The summed E-state index contributed by atoms with van der Waals surface area (Å²) in [7, 11) is 1.40. The highest BCUT2D eigenvalue weighted by molar-refractivity contribution is 5.78. The predicted molar refractivity (Wildman–Crippen MR) is 120 cm³/mol. The van der Waals surface area contributed by atoms with Crippen LogP contribution in [0.4, 0.5) is 15.0 Å². The van der Waals surface area contributed by atoms with Gasteiger partial charge in [-0.2, -0.15) is 0 Å². The van der Waals surface area contributed by atoms with Crippen molar-refractivity contribution >= 4 is 23.5 Å². The predicted octanol–water partition coefficient (Wildman–Crippen LogP) is 4.66. The van der Waals surface area contributed by atoms with Crippen LogP contribution in [0.3, 0.4) is 0 Å². The fraction of sp³-hybridized carbons (Fsp3) is 0.625. The van der Waals surface area contributed by atoms with Crippen LogP contribution in [-0.4, -0.2) is 47.7 Å². The lowest BCUT2D eigenvalue weighted by Gasteiger charge is -2.34. The van der Waals surface area contributed by atoms with E-state index in [4.69, 9.17) is 15.2 Å². The summed E-state index contributed by atoms with van der Waals surface area (Å²) in [6, 6.07) is 0. The molecule has 1 saturated heterocycles. The number of hydrogen-bond acceptors (Lipinski definition) is 6. The average molecular weight is 448 g/mol. The number of piperidine rings is 1.